The Morgan fingerprint density at radius 1 is 1.10 bits per heavy atom. The Labute approximate surface area is 234 Å². The van der Waals surface area contributed by atoms with Crippen LogP contribution in [0.4, 0.5) is 10.5 Å². The van der Waals surface area contributed by atoms with Gasteiger partial charge in [0.25, 0.3) is 5.91 Å². The molecule has 0 spiro atoms. The smallest absolute Gasteiger partial charge is 0.408 e. The molecule has 0 aliphatic heterocycles. The van der Waals surface area contributed by atoms with E-state index in [9.17, 15) is 19.5 Å². The first-order chi connectivity index (χ1) is 18.5. The van der Waals surface area contributed by atoms with Gasteiger partial charge in [-0.3, -0.25) is 9.59 Å². The maximum Gasteiger partial charge on any atom is 0.408 e. The van der Waals surface area contributed by atoms with Gasteiger partial charge in [-0.2, -0.15) is 11.8 Å². The molecule has 0 aliphatic carbocycles. The third kappa shape index (κ3) is 9.85. The second-order valence-corrected chi connectivity index (χ2v) is 10.6. The van der Waals surface area contributed by atoms with Crippen LogP contribution in [0.25, 0.3) is 0 Å². The second-order valence-electron chi connectivity index (χ2n) is 9.62. The molecule has 0 aliphatic rings. The monoisotopic (exact) mass is 555 g/mol. The minimum atomic E-state index is -1.13. The molecule has 2 aromatic carbocycles. The Morgan fingerprint density at radius 3 is 2.26 bits per heavy atom. The first kappa shape index (κ1) is 31.5. The largest absolute Gasteiger partial charge is 0.497 e. The van der Waals surface area contributed by atoms with E-state index in [1.807, 2.05) is 6.26 Å². The normalized spacial score (nSPS) is 12.4. The Balaban J connectivity index is 2.48. The van der Waals surface area contributed by atoms with Crippen molar-refractivity contribution < 1.29 is 29.0 Å². The van der Waals surface area contributed by atoms with Crippen molar-refractivity contribution in [3.8, 4) is 18.1 Å². The van der Waals surface area contributed by atoms with Crippen LogP contribution in [-0.2, 0) is 14.3 Å². The Bertz CT molecular complexity index is 1140. The number of hydrogen-bond acceptors (Lipinski definition) is 7. The quantitative estimate of drug-likeness (QED) is 0.341. The molecule has 2 unspecified atom stereocenters. The van der Waals surface area contributed by atoms with Gasteiger partial charge in [0, 0.05) is 17.8 Å². The number of aliphatic hydroxyl groups excluding tert-OH is 1. The van der Waals surface area contributed by atoms with E-state index >= 15 is 0 Å². The Kier molecular flexibility index (Phi) is 12.2. The Hall–Kier alpha value is -3.68. The average Bonchev–Trinajstić information content (AvgIpc) is 2.90. The summed E-state index contributed by atoms with van der Waals surface area (Å²) in [4.78, 5) is 41.5. The lowest BCUT2D eigenvalue weighted by molar-refractivity contribution is -0.141. The molecular weight excluding hydrogens is 518 g/mol. The highest BCUT2D eigenvalue weighted by molar-refractivity contribution is 7.98. The molecule has 39 heavy (non-hydrogen) atoms. The van der Waals surface area contributed by atoms with Crippen molar-refractivity contribution in [1.82, 2.24) is 10.2 Å². The maximum absolute atomic E-state index is 13.9. The highest BCUT2D eigenvalue weighted by Crippen LogP contribution is 2.26. The number of rotatable bonds is 12. The maximum atomic E-state index is 13.9. The van der Waals surface area contributed by atoms with Gasteiger partial charge in [0.15, 0.2) is 0 Å². The zero-order valence-corrected chi connectivity index (χ0v) is 23.8. The lowest BCUT2D eigenvalue weighted by Crippen LogP contribution is -2.53. The van der Waals surface area contributed by atoms with Crippen LogP contribution in [0, 0.1) is 12.3 Å². The molecule has 210 valence electrons. The summed E-state index contributed by atoms with van der Waals surface area (Å²) in [7, 11) is 1.54. The zero-order chi connectivity index (χ0) is 29.0. The van der Waals surface area contributed by atoms with Gasteiger partial charge in [-0.05, 0) is 81.2 Å². The van der Waals surface area contributed by atoms with E-state index in [0.29, 0.717) is 34.7 Å². The van der Waals surface area contributed by atoms with Crippen molar-refractivity contribution in [2.45, 2.75) is 44.9 Å². The van der Waals surface area contributed by atoms with Gasteiger partial charge in [-0.25, -0.2) is 4.79 Å². The fraction of sp³-hybridized carbons (Fsp3) is 0.414. The number of hydrogen-bond donors (Lipinski definition) is 3. The number of amides is 3. The average molecular weight is 556 g/mol. The van der Waals surface area contributed by atoms with Crippen molar-refractivity contribution in [2.24, 2.45) is 0 Å². The number of thioether (sulfide) groups is 1. The fourth-order valence-corrected chi connectivity index (χ4v) is 4.21. The van der Waals surface area contributed by atoms with Crippen molar-refractivity contribution in [1.29, 1.82) is 0 Å². The predicted molar refractivity (Wildman–Crippen MR) is 154 cm³/mol. The van der Waals surface area contributed by atoms with Gasteiger partial charge in [-0.1, -0.05) is 18.1 Å². The topological polar surface area (TPSA) is 117 Å². The van der Waals surface area contributed by atoms with E-state index in [4.69, 9.17) is 15.9 Å². The first-order valence-corrected chi connectivity index (χ1v) is 13.8. The van der Waals surface area contributed by atoms with Gasteiger partial charge < -0.3 is 30.1 Å². The van der Waals surface area contributed by atoms with E-state index in [1.54, 1.807) is 76.4 Å². The van der Waals surface area contributed by atoms with E-state index in [2.05, 4.69) is 16.6 Å². The number of carbonyl (C=O) groups excluding carboxylic acids is 3. The van der Waals surface area contributed by atoms with Crippen LogP contribution in [-0.4, -0.2) is 71.8 Å². The van der Waals surface area contributed by atoms with Crippen molar-refractivity contribution >= 4 is 35.4 Å². The highest BCUT2D eigenvalue weighted by atomic mass is 32.2. The molecule has 9 nitrogen and oxygen atoms in total. The van der Waals surface area contributed by atoms with Crippen molar-refractivity contribution in [3.63, 3.8) is 0 Å². The highest BCUT2D eigenvalue weighted by Gasteiger charge is 2.36. The van der Waals surface area contributed by atoms with Crippen LogP contribution in [0.15, 0.2) is 48.5 Å². The van der Waals surface area contributed by atoms with E-state index < -0.39 is 42.2 Å². The van der Waals surface area contributed by atoms with Crippen LogP contribution < -0.4 is 15.4 Å². The first-order valence-electron chi connectivity index (χ1n) is 12.4. The second kappa shape index (κ2) is 15.0. The summed E-state index contributed by atoms with van der Waals surface area (Å²) < 4.78 is 10.5. The van der Waals surface area contributed by atoms with Crippen LogP contribution in [0.3, 0.4) is 0 Å². The standard InChI is InChI=1S/C29H37N3O6S/c1-7-20-8-10-21(11-9-20)25(26(34)30-22-12-14-23(37-5)15-13-22)32(17-18-33)27(35)24(16-19-39-6)31-28(36)38-29(2,3)4/h1,8-15,24-25,33H,16-19H2,2-6H3,(H,30,34)(H,31,36). The Morgan fingerprint density at radius 2 is 1.74 bits per heavy atom. The number of ether oxygens (including phenoxy) is 2. The van der Waals surface area contributed by atoms with Crippen LogP contribution in [0.2, 0.25) is 0 Å². The van der Waals surface area contributed by atoms with Crippen LogP contribution in [0.1, 0.15) is 44.4 Å². The molecule has 2 atom stereocenters. The van der Waals surface area contributed by atoms with E-state index in [0.717, 1.165) is 0 Å². The molecule has 0 radical (unpaired) electrons. The number of nitrogens with zero attached hydrogens (tertiary/aromatic N) is 1. The van der Waals surface area contributed by atoms with Crippen LogP contribution >= 0.6 is 11.8 Å². The SMILES string of the molecule is C#Cc1ccc(C(C(=O)Nc2ccc(OC)cc2)N(CCO)C(=O)C(CCSC)NC(=O)OC(C)(C)C)cc1. The molecular formula is C29H37N3O6S. The predicted octanol–water partition coefficient (Wildman–Crippen LogP) is 3.82. The minimum Gasteiger partial charge on any atom is -0.497 e. The molecule has 0 heterocycles. The lowest BCUT2D eigenvalue weighted by Gasteiger charge is -2.34. The van der Waals surface area contributed by atoms with Crippen molar-refractivity contribution in [2.75, 3.05) is 37.6 Å². The number of carbonyl (C=O) groups is 3. The number of benzene rings is 2. The van der Waals surface area contributed by atoms with Gasteiger partial charge in [-0.15, -0.1) is 6.42 Å². The molecule has 2 aromatic rings. The number of methoxy groups -OCH3 is 1. The molecule has 0 saturated carbocycles. The third-order valence-electron chi connectivity index (χ3n) is 5.53. The molecule has 0 saturated heterocycles. The van der Waals surface area contributed by atoms with Crippen LogP contribution in [0.5, 0.6) is 5.75 Å². The minimum absolute atomic E-state index is 0.151. The number of aliphatic hydroxyl groups is 1. The number of anilines is 1. The molecule has 0 aromatic heterocycles. The summed E-state index contributed by atoms with van der Waals surface area (Å²) in [5.74, 6) is 2.69. The summed E-state index contributed by atoms with van der Waals surface area (Å²) in [6.45, 7) is 4.62. The van der Waals surface area contributed by atoms with E-state index in [1.165, 1.54) is 16.7 Å². The molecule has 0 bridgehead atoms. The molecule has 10 heteroatoms. The zero-order valence-electron chi connectivity index (χ0n) is 23.0. The lowest BCUT2D eigenvalue weighted by atomic mass is 10.0. The van der Waals surface area contributed by atoms with Gasteiger partial charge in [0.1, 0.15) is 23.4 Å². The van der Waals surface area contributed by atoms with Crippen molar-refractivity contribution in [3.05, 3.63) is 59.7 Å². The molecule has 0 fully saturated rings. The third-order valence-corrected chi connectivity index (χ3v) is 6.18. The summed E-state index contributed by atoms with van der Waals surface area (Å²) in [5, 5.41) is 15.4. The summed E-state index contributed by atoms with van der Waals surface area (Å²) in [6.07, 6.45) is 6.94. The molecule has 3 N–H and O–H groups in total. The number of nitrogens with one attached hydrogen (secondary N) is 2. The summed E-state index contributed by atoms with van der Waals surface area (Å²) >= 11 is 1.51. The summed E-state index contributed by atoms with van der Waals surface area (Å²) in [6, 6.07) is 11.3. The number of terminal acetylenes is 1. The molecule has 2 rings (SSSR count). The van der Waals surface area contributed by atoms with Gasteiger partial charge in [0.05, 0.1) is 13.7 Å². The summed E-state index contributed by atoms with van der Waals surface area (Å²) in [5.41, 5.74) is 0.829. The molecule has 3 amide bonds. The fourth-order valence-electron chi connectivity index (χ4n) is 3.74. The van der Waals surface area contributed by atoms with Gasteiger partial charge in [0.2, 0.25) is 5.91 Å². The number of alkyl carbamates (subject to hydrolysis) is 1. The van der Waals surface area contributed by atoms with E-state index in [-0.39, 0.29) is 6.54 Å². The van der Waals surface area contributed by atoms with Gasteiger partial charge >= 0.3 is 6.09 Å².